The molecule has 8 heteroatoms. The predicted octanol–water partition coefficient (Wildman–Crippen LogP) is -0.367. The van der Waals surface area contributed by atoms with E-state index in [2.05, 4.69) is 20.4 Å². The number of nitrogens with one attached hydrogen (secondary N) is 1. The number of nitrogens with two attached hydrogens (primary N) is 1. The Hall–Kier alpha value is -1.96. The van der Waals surface area contributed by atoms with E-state index in [1.165, 1.54) is 22.3 Å². The molecule has 3 N–H and O–H groups in total. The summed E-state index contributed by atoms with van der Waals surface area (Å²) in [4.78, 5) is 19.2. The van der Waals surface area contributed by atoms with Crippen LogP contribution in [0.4, 0.5) is 5.95 Å². The third-order valence-electron chi connectivity index (χ3n) is 1.81. The Bertz CT molecular complexity index is 465. The van der Waals surface area contributed by atoms with Crippen molar-refractivity contribution in [2.45, 2.75) is 13.1 Å². The summed E-state index contributed by atoms with van der Waals surface area (Å²) in [5, 5.41) is 8.41. The van der Waals surface area contributed by atoms with Crippen molar-refractivity contribution < 1.29 is 4.79 Å². The lowest BCUT2D eigenvalue weighted by atomic mass is 10.4. The fourth-order valence-electron chi connectivity index (χ4n) is 1.10. The molecule has 2 rings (SSSR count). The SMILES string of the molecule is Nc1ncn(CC(=O)NCc2cscn2)n1. The predicted molar refractivity (Wildman–Crippen MR) is 58.4 cm³/mol. The van der Waals surface area contributed by atoms with E-state index < -0.39 is 0 Å². The molecule has 0 radical (unpaired) electrons. The van der Waals surface area contributed by atoms with Gasteiger partial charge in [-0.05, 0) is 0 Å². The van der Waals surface area contributed by atoms with Gasteiger partial charge in [-0.15, -0.1) is 16.4 Å². The van der Waals surface area contributed by atoms with Gasteiger partial charge in [0, 0.05) is 5.38 Å². The maximum absolute atomic E-state index is 11.5. The van der Waals surface area contributed by atoms with Crippen molar-refractivity contribution >= 4 is 23.2 Å². The van der Waals surface area contributed by atoms with Gasteiger partial charge in [-0.3, -0.25) is 4.79 Å². The Morgan fingerprint density at radius 1 is 1.56 bits per heavy atom. The van der Waals surface area contributed by atoms with E-state index in [1.807, 2.05) is 5.38 Å². The number of aromatic nitrogens is 4. The van der Waals surface area contributed by atoms with E-state index >= 15 is 0 Å². The van der Waals surface area contributed by atoms with Crippen LogP contribution in [0.2, 0.25) is 0 Å². The largest absolute Gasteiger partial charge is 0.367 e. The number of nitrogens with zero attached hydrogens (tertiary/aromatic N) is 4. The van der Waals surface area contributed by atoms with Gasteiger partial charge in [0.05, 0.1) is 17.7 Å². The molecule has 0 saturated heterocycles. The van der Waals surface area contributed by atoms with Crippen molar-refractivity contribution in [3.05, 3.63) is 22.9 Å². The molecule has 84 valence electrons. The first-order valence-electron chi connectivity index (χ1n) is 4.53. The average molecular weight is 238 g/mol. The standard InChI is InChI=1S/C8H10N6OS/c9-8-11-4-14(13-8)2-7(15)10-1-6-3-16-5-12-6/h3-5H,1-2H2,(H2,9,13)(H,10,15). The molecule has 0 unspecified atom stereocenters. The van der Waals surface area contributed by atoms with E-state index in [0.717, 1.165) is 5.69 Å². The molecule has 2 aromatic rings. The van der Waals surface area contributed by atoms with Gasteiger partial charge in [0.2, 0.25) is 11.9 Å². The summed E-state index contributed by atoms with van der Waals surface area (Å²) in [6.45, 7) is 0.529. The molecular formula is C8H10N6OS. The van der Waals surface area contributed by atoms with Crippen LogP contribution in [0.25, 0.3) is 0 Å². The fourth-order valence-corrected chi connectivity index (χ4v) is 1.66. The van der Waals surface area contributed by atoms with Gasteiger partial charge in [0.1, 0.15) is 12.9 Å². The molecule has 2 heterocycles. The molecule has 0 atom stereocenters. The monoisotopic (exact) mass is 238 g/mol. The lowest BCUT2D eigenvalue weighted by molar-refractivity contribution is -0.122. The van der Waals surface area contributed by atoms with Crippen LogP contribution in [0.15, 0.2) is 17.2 Å². The van der Waals surface area contributed by atoms with Gasteiger partial charge in [-0.2, -0.15) is 0 Å². The molecule has 0 saturated carbocycles. The Morgan fingerprint density at radius 2 is 2.44 bits per heavy atom. The summed E-state index contributed by atoms with van der Waals surface area (Å²) in [6.07, 6.45) is 1.41. The molecule has 0 bridgehead atoms. The van der Waals surface area contributed by atoms with Crippen molar-refractivity contribution in [2.24, 2.45) is 0 Å². The number of anilines is 1. The molecule has 2 aromatic heterocycles. The van der Waals surface area contributed by atoms with Crippen LogP contribution in [-0.4, -0.2) is 25.7 Å². The summed E-state index contributed by atoms with van der Waals surface area (Å²) in [7, 11) is 0. The molecule has 0 spiro atoms. The van der Waals surface area contributed by atoms with E-state index in [-0.39, 0.29) is 18.4 Å². The number of amides is 1. The first-order chi connectivity index (χ1) is 7.74. The van der Waals surface area contributed by atoms with E-state index in [0.29, 0.717) is 6.54 Å². The molecule has 1 amide bonds. The highest BCUT2D eigenvalue weighted by Gasteiger charge is 2.04. The second-order valence-electron chi connectivity index (χ2n) is 3.06. The maximum atomic E-state index is 11.5. The van der Waals surface area contributed by atoms with Crippen molar-refractivity contribution in [2.75, 3.05) is 5.73 Å². The molecule has 0 aromatic carbocycles. The highest BCUT2D eigenvalue weighted by molar-refractivity contribution is 7.07. The minimum atomic E-state index is -0.155. The highest BCUT2D eigenvalue weighted by Crippen LogP contribution is 1.99. The average Bonchev–Trinajstić information content (AvgIpc) is 2.87. The molecule has 16 heavy (non-hydrogen) atoms. The lowest BCUT2D eigenvalue weighted by Gasteiger charge is -2.02. The fraction of sp³-hybridized carbons (Fsp3) is 0.250. The topological polar surface area (TPSA) is 98.7 Å². The quantitative estimate of drug-likeness (QED) is 0.757. The van der Waals surface area contributed by atoms with Crippen LogP contribution in [0.1, 0.15) is 5.69 Å². The molecule has 0 fully saturated rings. The zero-order chi connectivity index (χ0) is 11.4. The minimum absolute atomic E-state index is 0.105. The van der Waals surface area contributed by atoms with E-state index in [9.17, 15) is 4.79 Å². The van der Waals surface area contributed by atoms with Gasteiger partial charge >= 0.3 is 0 Å². The van der Waals surface area contributed by atoms with Crippen LogP contribution in [0.5, 0.6) is 0 Å². The summed E-state index contributed by atoms with van der Waals surface area (Å²) in [5.41, 5.74) is 7.89. The Morgan fingerprint density at radius 3 is 3.06 bits per heavy atom. The van der Waals surface area contributed by atoms with Gasteiger partial charge in [-0.1, -0.05) is 0 Å². The Balaban J connectivity index is 1.81. The second kappa shape index (κ2) is 4.71. The number of rotatable bonds is 4. The van der Waals surface area contributed by atoms with E-state index in [1.54, 1.807) is 5.51 Å². The number of thiazole rings is 1. The number of hydrogen-bond donors (Lipinski definition) is 2. The van der Waals surface area contributed by atoms with Crippen molar-refractivity contribution in [1.29, 1.82) is 0 Å². The van der Waals surface area contributed by atoms with Crippen molar-refractivity contribution in [1.82, 2.24) is 25.1 Å². The molecule has 7 nitrogen and oxygen atoms in total. The van der Waals surface area contributed by atoms with Crippen LogP contribution in [-0.2, 0) is 17.9 Å². The molecule has 0 aliphatic carbocycles. The summed E-state index contributed by atoms with van der Waals surface area (Å²) in [5.74, 6) is 0.00482. The van der Waals surface area contributed by atoms with Crippen molar-refractivity contribution in [3.8, 4) is 0 Å². The summed E-state index contributed by atoms with van der Waals surface area (Å²) >= 11 is 1.49. The number of carbonyl (C=O) groups excluding carboxylic acids is 1. The summed E-state index contributed by atoms with van der Waals surface area (Å²) in [6, 6.07) is 0. The minimum Gasteiger partial charge on any atom is -0.367 e. The number of hydrogen-bond acceptors (Lipinski definition) is 6. The Kier molecular flexibility index (Phi) is 3.10. The number of nitrogen functional groups attached to an aromatic ring is 1. The first-order valence-corrected chi connectivity index (χ1v) is 5.47. The zero-order valence-corrected chi connectivity index (χ0v) is 9.15. The number of carbonyl (C=O) groups is 1. The second-order valence-corrected chi connectivity index (χ2v) is 3.78. The normalized spacial score (nSPS) is 10.2. The third kappa shape index (κ3) is 2.76. The van der Waals surface area contributed by atoms with Crippen LogP contribution in [0, 0.1) is 0 Å². The lowest BCUT2D eigenvalue weighted by Crippen LogP contribution is -2.27. The molecular weight excluding hydrogens is 228 g/mol. The maximum Gasteiger partial charge on any atom is 0.242 e. The third-order valence-corrected chi connectivity index (χ3v) is 2.45. The van der Waals surface area contributed by atoms with Crippen molar-refractivity contribution in [3.63, 3.8) is 0 Å². The van der Waals surface area contributed by atoms with Crippen LogP contribution < -0.4 is 11.1 Å². The summed E-state index contributed by atoms with van der Waals surface area (Å²) < 4.78 is 1.38. The van der Waals surface area contributed by atoms with Crippen LogP contribution in [0.3, 0.4) is 0 Å². The van der Waals surface area contributed by atoms with Gasteiger partial charge in [-0.25, -0.2) is 14.6 Å². The van der Waals surface area contributed by atoms with Gasteiger partial charge in [0.25, 0.3) is 0 Å². The van der Waals surface area contributed by atoms with Crippen LogP contribution >= 0.6 is 11.3 Å². The molecule has 0 aliphatic rings. The van der Waals surface area contributed by atoms with Gasteiger partial charge < -0.3 is 11.1 Å². The smallest absolute Gasteiger partial charge is 0.242 e. The highest BCUT2D eigenvalue weighted by atomic mass is 32.1. The van der Waals surface area contributed by atoms with Gasteiger partial charge in [0.15, 0.2) is 0 Å². The first kappa shape index (κ1) is 10.6. The zero-order valence-electron chi connectivity index (χ0n) is 8.33. The Labute approximate surface area is 95.3 Å². The van der Waals surface area contributed by atoms with E-state index in [4.69, 9.17) is 5.73 Å². The molecule has 0 aliphatic heterocycles.